The summed E-state index contributed by atoms with van der Waals surface area (Å²) in [5.41, 5.74) is 0.601. The molecule has 4 nitrogen and oxygen atoms in total. The molecule has 0 unspecified atom stereocenters. The van der Waals surface area contributed by atoms with Crippen molar-refractivity contribution in [3.63, 3.8) is 0 Å². The molecule has 0 spiro atoms. The number of phenols is 2. The van der Waals surface area contributed by atoms with Crippen molar-refractivity contribution in [1.82, 2.24) is 4.98 Å². The summed E-state index contributed by atoms with van der Waals surface area (Å²) in [6.07, 6.45) is 1.81. The minimum atomic E-state index is -0.185. The molecule has 0 bridgehead atoms. The third kappa shape index (κ3) is 1.78. The molecule has 0 aliphatic rings. The first-order valence-corrected chi connectivity index (χ1v) is 6.11. The maximum Gasteiger partial charge on any atom is 0.159 e. The van der Waals surface area contributed by atoms with Crippen LogP contribution >= 0.6 is 23.1 Å². The van der Waals surface area contributed by atoms with Gasteiger partial charge in [-0.2, -0.15) is 0 Å². The first kappa shape index (κ1) is 10.3. The summed E-state index contributed by atoms with van der Waals surface area (Å²) in [5.74, 6) is -0.344. The second kappa shape index (κ2) is 3.71. The van der Waals surface area contributed by atoms with Gasteiger partial charge in [-0.15, -0.1) is 23.1 Å². The fraction of sp³-hybridized carbons (Fsp3) is 0.111. The molecule has 2 aromatic rings. The van der Waals surface area contributed by atoms with Gasteiger partial charge in [-0.3, -0.25) is 5.41 Å². The van der Waals surface area contributed by atoms with Crippen LogP contribution in [0.15, 0.2) is 12.1 Å². The molecular weight excluding hydrogens is 232 g/mol. The summed E-state index contributed by atoms with van der Waals surface area (Å²) in [4.78, 5) is 4.19. The van der Waals surface area contributed by atoms with Gasteiger partial charge in [0, 0.05) is 12.1 Å². The Balaban J connectivity index is 2.61. The van der Waals surface area contributed by atoms with Crippen molar-refractivity contribution >= 4 is 38.4 Å². The van der Waals surface area contributed by atoms with E-state index in [-0.39, 0.29) is 11.5 Å². The van der Waals surface area contributed by atoms with E-state index in [1.807, 2.05) is 6.26 Å². The minimum Gasteiger partial charge on any atom is -0.504 e. The summed E-state index contributed by atoms with van der Waals surface area (Å²) in [5, 5.41) is 27.2. The van der Waals surface area contributed by atoms with Crippen LogP contribution in [0.3, 0.4) is 0 Å². The van der Waals surface area contributed by atoms with Gasteiger partial charge in [0.15, 0.2) is 11.5 Å². The summed E-state index contributed by atoms with van der Waals surface area (Å²) in [6, 6.07) is 2.86. The maximum atomic E-state index is 9.29. The number of nitrogens with zero attached hydrogens (tertiary/aromatic N) is 1. The monoisotopic (exact) mass is 240 g/mol. The number of phenolic OH excluding ortho intramolecular Hbond substituents is 2. The lowest BCUT2D eigenvalue weighted by molar-refractivity contribution is 0.405. The minimum absolute atomic E-state index is 0.159. The molecule has 78 valence electrons. The molecule has 0 fully saturated rings. The summed E-state index contributed by atoms with van der Waals surface area (Å²) in [6.45, 7) is 0. The van der Waals surface area contributed by atoms with Crippen LogP contribution in [0.2, 0.25) is 0 Å². The van der Waals surface area contributed by atoms with Crippen LogP contribution in [0.25, 0.3) is 10.2 Å². The van der Waals surface area contributed by atoms with Crippen molar-refractivity contribution in [2.75, 3.05) is 6.26 Å². The molecule has 0 aliphatic carbocycles. The van der Waals surface area contributed by atoms with Gasteiger partial charge in [0.2, 0.25) is 0 Å². The molecule has 1 aromatic heterocycles. The lowest BCUT2D eigenvalue weighted by atomic mass is 10.3. The van der Waals surface area contributed by atoms with Gasteiger partial charge >= 0.3 is 0 Å². The fourth-order valence-corrected chi connectivity index (χ4v) is 2.56. The number of aromatic hydroxyl groups is 2. The predicted molar refractivity (Wildman–Crippen MR) is 63.3 cm³/mol. The second-order valence-corrected chi connectivity index (χ2v) is 4.71. The topological polar surface area (TPSA) is 77.2 Å². The lowest BCUT2D eigenvalue weighted by Crippen LogP contribution is -1.89. The van der Waals surface area contributed by atoms with Gasteiger partial charge in [0.25, 0.3) is 0 Å². The number of fused-ring (bicyclic) bond motifs is 1. The van der Waals surface area contributed by atoms with Gasteiger partial charge < -0.3 is 10.2 Å². The largest absolute Gasteiger partial charge is 0.504 e. The zero-order valence-corrected chi connectivity index (χ0v) is 9.45. The van der Waals surface area contributed by atoms with Gasteiger partial charge in [-0.25, -0.2) is 4.98 Å². The van der Waals surface area contributed by atoms with E-state index in [0.29, 0.717) is 15.6 Å². The number of thiazole rings is 1. The fourth-order valence-electron chi connectivity index (χ4n) is 1.14. The molecule has 0 atom stereocenters. The smallest absolute Gasteiger partial charge is 0.159 e. The third-order valence-electron chi connectivity index (χ3n) is 1.88. The Kier molecular flexibility index (Phi) is 2.54. The predicted octanol–water partition coefficient (Wildman–Crippen LogP) is 2.40. The molecule has 6 heteroatoms. The SMILES string of the molecule is CSC(=N)c1nc2cc(O)c(O)cc2s1. The van der Waals surface area contributed by atoms with E-state index < -0.39 is 0 Å². The highest BCUT2D eigenvalue weighted by Crippen LogP contribution is 2.33. The average Bonchev–Trinajstić information content (AvgIpc) is 2.60. The first-order chi connectivity index (χ1) is 7.11. The molecule has 2 rings (SSSR count). The van der Waals surface area contributed by atoms with Gasteiger partial charge in [0.05, 0.1) is 10.2 Å². The van der Waals surface area contributed by atoms with Crippen LogP contribution in [0, 0.1) is 5.41 Å². The van der Waals surface area contributed by atoms with E-state index in [1.54, 1.807) is 0 Å². The van der Waals surface area contributed by atoms with Crippen LogP contribution in [0.4, 0.5) is 0 Å². The Hall–Kier alpha value is -1.27. The summed E-state index contributed by atoms with van der Waals surface area (Å²) in [7, 11) is 0. The number of aromatic nitrogens is 1. The number of nitrogens with one attached hydrogen (secondary N) is 1. The molecule has 0 aliphatic heterocycles. The van der Waals surface area contributed by atoms with Crippen molar-refractivity contribution in [3.05, 3.63) is 17.1 Å². The van der Waals surface area contributed by atoms with Crippen LogP contribution in [-0.2, 0) is 0 Å². The van der Waals surface area contributed by atoms with Crippen LogP contribution in [0.5, 0.6) is 11.5 Å². The standard InChI is InChI=1S/C9H8N2O2S2/c1-14-8(10)9-11-4-2-5(12)6(13)3-7(4)15-9/h2-3,10,12-13H,1H3. The summed E-state index contributed by atoms with van der Waals surface area (Å²) < 4.78 is 0.763. The van der Waals surface area contributed by atoms with E-state index in [1.165, 1.54) is 35.2 Å². The molecular formula is C9H8N2O2S2. The molecule has 0 radical (unpaired) electrons. The molecule has 0 saturated carbocycles. The van der Waals surface area contributed by atoms with Crippen LogP contribution in [0.1, 0.15) is 5.01 Å². The van der Waals surface area contributed by atoms with Crippen molar-refractivity contribution in [1.29, 1.82) is 5.41 Å². The number of hydrogen-bond acceptors (Lipinski definition) is 6. The van der Waals surface area contributed by atoms with Gasteiger partial charge in [-0.05, 0) is 6.26 Å². The Morgan fingerprint density at radius 1 is 1.40 bits per heavy atom. The Labute approximate surface area is 94.1 Å². The van der Waals surface area contributed by atoms with Gasteiger partial charge in [0.1, 0.15) is 10.1 Å². The second-order valence-electron chi connectivity index (χ2n) is 2.86. The zero-order valence-electron chi connectivity index (χ0n) is 7.81. The summed E-state index contributed by atoms with van der Waals surface area (Å²) >= 11 is 2.63. The number of benzene rings is 1. The molecule has 3 N–H and O–H groups in total. The number of hydrogen-bond donors (Lipinski definition) is 3. The van der Waals surface area contributed by atoms with Crippen molar-refractivity contribution < 1.29 is 10.2 Å². The molecule has 1 heterocycles. The lowest BCUT2D eigenvalue weighted by Gasteiger charge is -1.94. The van der Waals surface area contributed by atoms with Crippen molar-refractivity contribution in [2.24, 2.45) is 0 Å². The van der Waals surface area contributed by atoms with E-state index in [9.17, 15) is 10.2 Å². The van der Waals surface area contributed by atoms with E-state index >= 15 is 0 Å². The highest BCUT2D eigenvalue weighted by Gasteiger charge is 2.10. The molecule has 1 aromatic carbocycles. The van der Waals surface area contributed by atoms with Crippen molar-refractivity contribution in [3.8, 4) is 11.5 Å². The average molecular weight is 240 g/mol. The van der Waals surface area contributed by atoms with Crippen LogP contribution < -0.4 is 0 Å². The third-order valence-corrected chi connectivity index (χ3v) is 3.65. The first-order valence-electron chi connectivity index (χ1n) is 4.07. The zero-order chi connectivity index (χ0) is 11.0. The number of rotatable bonds is 1. The van der Waals surface area contributed by atoms with Gasteiger partial charge in [-0.1, -0.05) is 0 Å². The van der Waals surface area contributed by atoms with E-state index in [4.69, 9.17) is 5.41 Å². The number of thioether (sulfide) groups is 1. The highest BCUT2D eigenvalue weighted by molar-refractivity contribution is 8.14. The molecule has 0 amide bonds. The van der Waals surface area contributed by atoms with Crippen LogP contribution in [-0.4, -0.2) is 26.5 Å². The Bertz CT molecular complexity index is 497. The van der Waals surface area contributed by atoms with E-state index in [2.05, 4.69) is 4.98 Å². The quantitative estimate of drug-likeness (QED) is 0.406. The highest BCUT2D eigenvalue weighted by atomic mass is 32.2. The normalized spacial score (nSPS) is 10.7. The van der Waals surface area contributed by atoms with Crippen molar-refractivity contribution in [2.45, 2.75) is 0 Å². The van der Waals surface area contributed by atoms with E-state index in [0.717, 1.165) is 4.70 Å². The maximum absolute atomic E-state index is 9.29. The Morgan fingerprint density at radius 3 is 2.73 bits per heavy atom. The Morgan fingerprint density at radius 2 is 2.07 bits per heavy atom. The molecule has 15 heavy (non-hydrogen) atoms. The molecule has 0 saturated heterocycles.